The normalized spacial score (nSPS) is 11.7. The summed E-state index contributed by atoms with van der Waals surface area (Å²) < 4.78 is 0. The van der Waals surface area contributed by atoms with Crippen LogP contribution < -0.4 is 5.73 Å². The Morgan fingerprint density at radius 2 is 2.50 bits per heavy atom. The van der Waals surface area contributed by atoms with Crippen molar-refractivity contribution in [1.29, 1.82) is 0 Å². The van der Waals surface area contributed by atoms with Crippen LogP contribution in [0.3, 0.4) is 0 Å². The first-order valence-electron chi connectivity index (χ1n) is 4.02. The van der Waals surface area contributed by atoms with E-state index in [1.54, 1.807) is 6.20 Å². The quantitative estimate of drug-likeness (QED) is 0.729. The number of aromatic nitrogens is 2. The zero-order valence-electron chi connectivity index (χ0n) is 7.20. The van der Waals surface area contributed by atoms with Gasteiger partial charge in [-0.25, -0.2) is 9.97 Å². The van der Waals surface area contributed by atoms with E-state index in [4.69, 9.17) is 5.73 Å². The van der Waals surface area contributed by atoms with Gasteiger partial charge in [0.2, 0.25) is 0 Å². The largest absolute Gasteiger partial charge is 0.327 e. The summed E-state index contributed by atoms with van der Waals surface area (Å²) in [6.45, 7) is 2.68. The van der Waals surface area contributed by atoms with Crippen LogP contribution in [0.15, 0.2) is 24.2 Å². The molecule has 0 saturated carbocycles. The topological polar surface area (TPSA) is 51.8 Å². The molecule has 0 bridgehead atoms. The molecule has 0 radical (unpaired) electrons. The summed E-state index contributed by atoms with van der Waals surface area (Å²) in [7, 11) is 0. The first-order chi connectivity index (χ1) is 5.86. The molecule has 1 rings (SSSR count). The first kappa shape index (κ1) is 8.87. The molecule has 0 aliphatic carbocycles. The number of rotatable bonds is 3. The molecule has 0 amide bonds. The molecular formula is C9H13N3. The molecule has 1 aromatic rings. The van der Waals surface area contributed by atoms with Gasteiger partial charge in [-0.2, -0.15) is 0 Å². The zero-order valence-corrected chi connectivity index (χ0v) is 7.20. The highest BCUT2D eigenvalue weighted by atomic mass is 14.8. The van der Waals surface area contributed by atoms with Crippen LogP contribution in [0.25, 0.3) is 6.08 Å². The van der Waals surface area contributed by atoms with Crippen LogP contribution in [0.5, 0.6) is 0 Å². The molecule has 1 heterocycles. The van der Waals surface area contributed by atoms with Crippen molar-refractivity contribution in [3.05, 3.63) is 29.9 Å². The van der Waals surface area contributed by atoms with E-state index < -0.39 is 0 Å². The third-order valence-corrected chi connectivity index (χ3v) is 1.67. The molecule has 3 heteroatoms. The molecule has 64 valence electrons. The Labute approximate surface area is 72.3 Å². The van der Waals surface area contributed by atoms with Gasteiger partial charge < -0.3 is 5.73 Å². The standard InChI is InChI=1S/C9H13N3/c1-2-8(6-10)5-9-3-4-11-7-12-9/h3-5,7H,2,6,10H2,1H3. The van der Waals surface area contributed by atoms with Gasteiger partial charge in [0, 0.05) is 12.7 Å². The fourth-order valence-electron chi connectivity index (χ4n) is 0.901. The summed E-state index contributed by atoms with van der Waals surface area (Å²) >= 11 is 0. The molecule has 0 saturated heterocycles. The lowest BCUT2D eigenvalue weighted by atomic mass is 10.1. The van der Waals surface area contributed by atoms with Crippen LogP contribution in [0, 0.1) is 0 Å². The number of nitrogens with two attached hydrogens (primary N) is 1. The molecule has 3 nitrogen and oxygen atoms in total. The molecule has 0 aliphatic heterocycles. The maximum absolute atomic E-state index is 5.52. The molecule has 0 aromatic carbocycles. The lowest BCUT2D eigenvalue weighted by Crippen LogP contribution is -2.01. The Morgan fingerprint density at radius 3 is 3.00 bits per heavy atom. The van der Waals surface area contributed by atoms with E-state index in [0.717, 1.165) is 12.1 Å². The van der Waals surface area contributed by atoms with Gasteiger partial charge in [-0.05, 0) is 18.6 Å². The van der Waals surface area contributed by atoms with Crippen molar-refractivity contribution >= 4 is 6.08 Å². The Morgan fingerprint density at radius 1 is 1.67 bits per heavy atom. The maximum Gasteiger partial charge on any atom is 0.115 e. The Kier molecular flexibility index (Phi) is 3.41. The third-order valence-electron chi connectivity index (χ3n) is 1.67. The van der Waals surface area contributed by atoms with Crippen molar-refractivity contribution < 1.29 is 0 Å². The molecule has 0 spiro atoms. The van der Waals surface area contributed by atoms with Crippen LogP contribution in [-0.4, -0.2) is 16.5 Å². The van der Waals surface area contributed by atoms with Crippen LogP contribution >= 0.6 is 0 Å². The highest BCUT2D eigenvalue weighted by molar-refractivity contribution is 5.48. The van der Waals surface area contributed by atoms with Gasteiger partial charge in [-0.15, -0.1) is 0 Å². The molecule has 1 aromatic heterocycles. The first-order valence-corrected chi connectivity index (χ1v) is 4.02. The minimum absolute atomic E-state index is 0.598. The van der Waals surface area contributed by atoms with E-state index in [9.17, 15) is 0 Å². The van der Waals surface area contributed by atoms with Crippen LogP contribution in [0.1, 0.15) is 19.0 Å². The van der Waals surface area contributed by atoms with Crippen molar-refractivity contribution in [3.8, 4) is 0 Å². The van der Waals surface area contributed by atoms with Crippen molar-refractivity contribution in [3.63, 3.8) is 0 Å². The van der Waals surface area contributed by atoms with Crippen LogP contribution in [-0.2, 0) is 0 Å². The average Bonchev–Trinajstić information content (AvgIpc) is 2.16. The van der Waals surface area contributed by atoms with Gasteiger partial charge in [0.25, 0.3) is 0 Å². The summed E-state index contributed by atoms with van der Waals surface area (Å²) in [6.07, 6.45) is 6.24. The van der Waals surface area contributed by atoms with Crippen molar-refractivity contribution in [2.24, 2.45) is 5.73 Å². The smallest absolute Gasteiger partial charge is 0.115 e. The highest BCUT2D eigenvalue weighted by Crippen LogP contribution is 2.04. The lowest BCUT2D eigenvalue weighted by Gasteiger charge is -1.98. The monoisotopic (exact) mass is 163 g/mol. The second-order valence-corrected chi connectivity index (χ2v) is 2.49. The Bertz CT molecular complexity index is 248. The van der Waals surface area contributed by atoms with Crippen LogP contribution in [0.2, 0.25) is 0 Å². The minimum atomic E-state index is 0.598. The second kappa shape index (κ2) is 4.62. The predicted molar refractivity (Wildman–Crippen MR) is 49.4 cm³/mol. The highest BCUT2D eigenvalue weighted by Gasteiger charge is 1.91. The van der Waals surface area contributed by atoms with Gasteiger partial charge in [0.1, 0.15) is 6.33 Å². The van der Waals surface area contributed by atoms with E-state index in [1.807, 2.05) is 12.1 Å². The van der Waals surface area contributed by atoms with E-state index in [2.05, 4.69) is 16.9 Å². The van der Waals surface area contributed by atoms with Crippen LogP contribution in [0.4, 0.5) is 0 Å². The molecule has 12 heavy (non-hydrogen) atoms. The van der Waals surface area contributed by atoms with Gasteiger partial charge in [-0.1, -0.05) is 12.5 Å². The van der Waals surface area contributed by atoms with Crippen molar-refractivity contribution in [1.82, 2.24) is 9.97 Å². The Hall–Kier alpha value is -1.22. The van der Waals surface area contributed by atoms with Gasteiger partial charge in [-0.3, -0.25) is 0 Å². The Balaban J connectivity index is 2.79. The maximum atomic E-state index is 5.52. The van der Waals surface area contributed by atoms with E-state index in [1.165, 1.54) is 11.9 Å². The number of hydrogen-bond donors (Lipinski definition) is 1. The van der Waals surface area contributed by atoms with E-state index >= 15 is 0 Å². The molecule has 2 N–H and O–H groups in total. The number of hydrogen-bond acceptors (Lipinski definition) is 3. The van der Waals surface area contributed by atoms with Crippen molar-refractivity contribution in [2.45, 2.75) is 13.3 Å². The zero-order chi connectivity index (χ0) is 8.81. The summed E-state index contributed by atoms with van der Waals surface area (Å²) in [5.74, 6) is 0. The SMILES string of the molecule is CCC(=Cc1ccncn1)CN. The molecule has 0 atom stereocenters. The average molecular weight is 163 g/mol. The van der Waals surface area contributed by atoms with Crippen molar-refractivity contribution in [2.75, 3.05) is 6.54 Å². The summed E-state index contributed by atoms with van der Waals surface area (Å²) in [5.41, 5.74) is 7.65. The second-order valence-electron chi connectivity index (χ2n) is 2.49. The van der Waals surface area contributed by atoms with Gasteiger partial charge >= 0.3 is 0 Å². The van der Waals surface area contributed by atoms with Gasteiger partial charge in [0.15, 0.2) is 0 Å². The summed E-state index contributed by atoms with van der Waals surface area (Å²) in [4.78, 5) is 7.90. The molecule has 0 unspecified atom stereocenters. The molecular weight excluding hydrogens is 150 g/mol. The molecule has 0 aliphatic rings. The summed E-state index contributed by atoms with van der Waals surface area (Å²) in [6, 6.07) is 1.87. The predicted octanol–water partition coefficient (Wildman–Crippen LogP) is 1.23. The fourth-order valence-corrected chi connectivity index (χ4v) is 0.901. The minimum Gasteiger partial charge on any atom is -0.327 e. The third kappa shape index (κ3) is 2.43. The van der Waals surface area contributed by atoms with Gasteiger partial charge in [0.05, 0.1) is 5.69 Å². The van der Waals surface area contributed by atoms with E-state index in [0.29, 0.717) is 6.54 Å². The molecule has 0 fully saturated rings. The fraction of sp³-hybridized carbons (Fsp3) is 0.333. The van der Waals surface area contributed by atoms with E-state index in [-0.39, 0.29) is 0 Å². The number of nitrogens with zero attached hydrogens (tertiary/aromatic N) is 2. The lowest BCUT2D eigenvalue weighted by molar-refractivity contribution is 1.02. The summed E-state index contributed by atoms with van der Waals surface area (Å²) in [5, 5.41) is 0.